The summed E-state index contributed by atoms with van der Waals surface area (Å²) in [5.74, 6) is 0.296. The first-order valence-corrected chi connectivity index (χ1v) is 11.0. The number of aliphatic hydroxyl groups excluding tert-OH is 1. The Labute approximate surface area is 179 Å². The maximum Gasteiger partial charge on any atom is 0.162 e. The van der Waals surface area contributed by atoms with E-state index in [4.69, 9.17) is 9.72 Å². The minimum atomic E-state index is -0.313. The van der Waals surface area contributed by atoms with Crippen molar-refractivity contribution in [1.82, 2.24) is 9.88 Å². The number of nitrogens with zero attached hydrogens (tertiary/aromatic N) is 2. The molecule has 4 nitrogen and oxygen atoms in total. The Balaban J connectivity index is 1.94. The zero-order chi connectivity index (χ0) is 21.4. The van der Waals surface area contributed by atoms with E-state index in [1.165, 1.54) is 21.9 Å². The molecule has 4 heteroatoms. The average Bonchev–Trinajstić information content (AvgIpc) is 3.04. The number of aromatic nitrogens is 1. The fraction of sp³-hybridized carbons (Fsp3) is 0.423. The molecule has 0 aromatic carbocycles. The van der Waals surface area contributed by atoms with Gasteiger partial charge in [0.2, 0.25) is 0 Å². The molecule has 158 valence electrons. The van der Waals surface area contributed by atoms with Crippen LogP contribution in [0.1, 0.15) is 63.9 Å². The Morgan fingerprint density at radius 3 is 2.77 bits per heavy atom. The van der Waals surface area contributed by atoms with Crippen molar-refractivity contribution in [2.75, 3.05) is 13.2 Å². The van der Waals surface area contributed by atoms with Crippen LogP contribution in [0.25, 0.3) is 17.8 Å². The van der Waals surface area contributed by atoms with Crippen molar-refractivity contribution < 1.29 is 9.84 Å². The summed E-state index contributed by atoms with van der Waals surface area (Å²) < 4.78 is 6.14. The smallest absolute Gasteiger partial charge is 0.162 e. The standard InChI is InChI=1S/C26H32N2O2/c1-6-19(16(3)4)21-15-24-25-22(14-18-10-8-9-11-23(18)27-25)26(30-13-12-29)28(24)17(5)20(21)7-2/h10-11,14-15,19,26,29H,3,5-9,12-13H2,1-2,4H3/t19-,26?/m0/s1. The van der Waals surface area contributed by atoms with Crippen molar-refractivity contribution in [2.24, 2.45) is 5.92 Å². The molecule has 1 aromatic heterocycles. The van der Waals surface area contributed by atoms with Crippen molar-refractivity contribution in [3.8, 4) is 0 Å². The number of allylic oxidation sites excluding steroid dienone is 4. The van der Waals surface area contributed by atoms with E-state index in [1.54, 1.807) is 0 Å². The molecule has 4 rings (SSSR count). The second-order valence-corrected chi connectivity index (χ2v) is 8.27. The largest absolute Gasteiger partial charge is 0.394 e. The summed E-state index contributed by atoms with van der Waals surface area (Å²) in [7, 11) is 0. The van der Waals surface area contributed by atoms with Crippen LogP contribution in [0.3, 0.4) is 0 Å². The number of hydrogen-bond donors (Lipinski definition) is 1. The third-order valence-electron chi connectivity index (χ3n) is 6.36. The van der Waals surface area contributed by atoms with Crippen molar-refractivity contribution in [3.05, 3.63) is 69.5 Å². The van der Waals surface area contributed by atoms with Crippen LogP contribution in [-0.2, 0) is 4.74 Å². The van der Waals surface area contributed by atoms with Crippen LogP contribution >= 0.6 is 0 Å². The van der Waals surface area contributed by atoms with E-state index in [9.17, 15) is 5.11 Å². The van der Waals surface area contributed by atoms with Gasteiger partial charge in [-0.3, -0.25) is 0 Å². The van der Waals surface area contributed by atoms with Crippen LogP contribution in [0.4, 0.5) is 0 Å². The number of fused-ring (bicyclic) bond motifs is 4. The molecule has 1 N–H and O–H groups in total. The Morgan fingerprint density at radius 1 is 1.33 bits per heavy atom. The summed E-state index contributed by atoms with van der Waals surface area (Å²) >= 11 is 0. The zero-order valence-electron chi connectivity index (χ0n) is 18.4. The second-order valence-electron chi connectivity index (χ2n) is 8.27. The Kier molecular flexibility index (Phi) is 5.81. The Morgan fingerprint density at radius 2 is 2.10 bits per heavy atom. The molecule has 0 saturated carbocycles. The van der Waals surface area contributed by atoms with E-state index in [0.717, 1.165) is 53.7 Å². The van der Waals surface area contributed by atoms with E-state index in [-0.39, 0.29) is 19.4 Å². The summed E-state index contributed by atoms with van der Waals surface area (Å²) in [4.78, 5) is 7.23. The zero-order valence-corrected chi connectivity index (χ0v) is 18.4. The number of pyridine rings is 1. The lowest BCUT2D eigenvalue weighted by Crippen LogP contribution is -2.31. The lowest BCUT2D eigenvalue weighted by molar-refractivity contribution is -0.0276. The van der Waals surface area contributed by atoms with Gasteiger partial charge < -0.3 is 14.7 Å². The van der Waals surface area contributed by atoms with Crippen molar-refractivity contribution >= 4 is 17.8 Å². The highest BCUT2D eigenvalue weighted by Gasteiger charge is 2.41. The molecule has 1 unspecified atom stereocenters. The molecule has 2 aliphatic heterocycles. The molecule has 30 heavy (non-hydrogen) atoms. The summed E-state index contributed by atoms with van der Waals surface area (Å²) in [5.41, 5.74) is 7.76. The maximum atomic E-state index is 9.41. The summed E-state index contributed by atoms with van der Waals surface area (Å²) in [6.45, 7) is 15.5. The van der Waals surface area contributed by atoms with Crippen molar-refractivity contribution in [2.45, 2.75) is 52.7 Å². The van der Waals surface area contributed by atoms with Gasteiger partial charge in [-0.1, -0.05) is 44.7 Å². The summed E-state index contributed by atoms with van der Waals surface area (Å²) in [5, 5.41) is 11.6. The molecule has 0 amide bonds. The monoisotopic (exact) mass is 404 g/mol. The van der Waals surface area contributed by atoms with Gasteiger partial charge in [-0.2, -0.15) is 0 Å². The molecule has 0 fully saturated rings. The van der Waals surface area contributed by atoms with Gasteiger partial charge in [0, 0.05) is 17.2 Å². The van der Waals surface area contributed by atoms with Crippen LogP contribution in [0.5, 0.6) is 0 Å². The minimum absolute atomic E-state index is 0.0151. The molecule has 0 bridgehead atoms. The van der Waals surface area contributed by atoms with Crippen molar-refractivity contribution in [1.29, 1.82) is 0 Å². The molecule has 0 spiro atoms. The van der Waals surface area contributed by atoms with Gasteiger partial charge >= 0.3 is 0 Å². The highest BCUT2D eigenvalue weighted by atomic mass is 16.5. The van der Waals surface area contributed by atoms with Crippen molar-refractivity contribution in [3.63, 3.8) is 0 Å². The topological polar surface area (TPSA) is 45.6 Å². The third-order valence-corrected chi connectivity index (χ3v) is 6.36. The first-order valence-electron chi connectivity index (χ1n) is 11.0. The van der Waals surface area contributed by atoms with Gasteiger partial charge in [-0.25, -0.2) is 4.98 Å². The van der Waals surface area contributed by atoms with Crippen LogP contribution in [0.2, 0.25) is 0 Å². The number of ether oxygens (including phenoxy) is 1. The fourth-order valence-electron chi connectivity index (χ4n) is 4.97. The molecule has 1 aromatic rings. The first-order chi connectivity index (χ1) is 14.5. The number of hydrogen-bond acceptors (Lipinski definition) is 4. The number of aliphatic hydroxyl groups is 1. The van der Waals surface area contributed by atoms with Crippen LogP contribution in [0, 0.1) is 5.92 Å². The molecule has 3 heterocycles. The lowest BCUT2D eigenvalue weighted by atomic mass is 9.83. The third kappa shape index (κ3) is 3.28. The van der Waals surface area contributed by atoms with E-state index in [1.807, 2.05) is 0 Å². The Hall–Kier alpha value is -2.43. The fourth-order valence-corrected chi connectivity index (χ4v) is 4.97. The molecule has 0 saturated heterocycles. The average molecular weight is 405 g/mol. The van der Waals surface area contributed by atoms with E-state index in [0.29, 0.717) is 5.92 Å². The highest BCUT2D eigenvalue weighted by Crippen LogP contribution is 2.49. The van der Waals surface area contributed by atoms with Crippen LogP contribution in [-0.4, -0.2) is 28.2 Å². The van der Waals surface area contributed by atoms with E-state index >= 15 is 0 Å². The number of rotatable bonds is 7. The quantitative estimate of drug-likeness (QED) is 0.700. The minimum Gasteiger partial charge on any atom is -0.394 e. The van der Waals surface area contributed by atoms with Crippen LogP contribution < -0.4 is 10.6 Å². The molecular formula is C26H32N2O2. The predicted octanol–water partition coefficient (Wildman–Crippen LogP) is 3.94. The van der Waals surface area contributed by atoms with Gasteiger partial charge in [0.05, 0.1) is 30.0 Å². The second kappa shape index (κ2) is 8.37. The SMILES string of the molecule is C=C(C)[C@H](CC)C1=C(CC)C(=C)N2C(=C1)c1nc3c(cc1C2OCCO)=CCCC=3. The highest BCUT2D eigenvalue weighted by molar-refractivity contribution is 5.77. The molecule has 1 aliphatic carbocycles. The normalized spacial score (nSPS) is 20.7. The van der Waals surface area contributed by atoms with E-state index < -0.39 is 0 Å². The predicted molar refractivity (Wildman–Crippen MR) is 122 cm³/mol. The lowest BCUT2D eigenvalue weighted by Gasteiger charge is -2.36. The van der Waals surface area contributed by atoms with E-state index in [2.05, 4.69) is 63.1 Å². The van der Waals surface area contributed by atoms with Crippen LogP contribution in [0.15, 0.2) is 47.7 Å². The molecule has 3 aliphatic rings. The summed E-state index contributed by atoms with van der Waals surface area (Å²) in [6.07, 6.45) is 10.4. The molecule has 0 radical (unpaired) electrons. The van der Waals surface area contributed by atoms with Gasteiger partial charge in [0.15, 0.2) is 6.23 Å². The first kappa shape index (κ1) is 20.8. The van der Waals surface area contributed by atoms with Gasteiger partial charge in [-0.05, 0) is 61.1 Å². The maximum absolute atomic E-state index is 9.41. The summed E-state index contributed by atoms with van der Waals surface area (Å²) in [6, 6.07) is 2.21. The molecular weight excluding hydrogens is 372 g/mol. The van der Waals surface area contributed by atoms with Gasteiger partial charge in [0.1, 0.15) is 0 Å². The van der Waals surface area contributed by atoms with Gasteiger partial charge in [-0.15, -0.1) is 0 Å². The molecule has 2 atom stereocenters. The Bertz CT molecular complexity index is 1080. The van der Waals surface area contributed by atoms with Gasteiger partial charge in [0.25, 0.3) is 0 Å².